The zero-order valence-corrected chi connectivity index (χ0v) is 9.67. The summed E-state index contributed by atoms with van der Waals surface area (Å²) >= 11 is 0. The summed E-state index contributed by atoms with van der Waals surface area (Å²) in [7, 11) is 0. The van der Waals surface area contributed by atoms with Gasteiger partial charge in [0.15, 0.2) is 0 Å². The smallest absolute Gasteiger partial charge is 0.240 e. The molecule has 1 amide bonds. The van der Waals surface area contributed by atoms with Gasteiger partial charge in [0.1, 0.15) is 6.33 Å². The van der Waals surface area contributed by atoms with Gasteiger partial charge in [0, 0.05) is 18.8 Å². The zero-order chi connectivity index (χ0) is 11.7. The van der Waals surface area contributed by atoms with Gasteiger partial charge < -0.3 is 10.2 Å². The number of carbonyl (C=O) groups excluding carboxylic acids is 1. The molecule has 90 valence electrons. The van der Waals surface area contributed by atoms with Gasteiger partial charge in [0.05, 0.1) is 18.3 Å². The van der Waals surface area contributed by atoms with Gasteiger partial charge in [0.25, 0.3) is 0 Å². The van der Waals surface area contributed by atoms with E-state index in [0.717, 1.165) is 18.7 Å². The van der Waals surface area contributed by atoms with Crippen molar-refractivity contribution in [2.45, 2.75) is 37.9 Å². The second kappa shape index (κ2) is 4.41. The summed E-state index contributed by atoms with van der Waals surface area (Å²) in [4.78, 5) is 22.0. The van der Waals surface area contributed by atoms with Crippen LogP contribution >= 0.6 is 0 Å². The summed E-state index contributed by atoms with van der Waals surface area (Å²) in [6.45, 7) is 1.43. The first kappa shape index (κ1) is 10.7. The Morgan fingerprint density at radius 2 is 2.29 bits per heavy atom. The number of rotatable bonds is 4. The van der Waals surface area contributed by atoms with Crippen LogP contribution in [0.3, 0.4) is 0 Å². The standard InChI is InChI=1S/C12H16N4O/c17-12-11(15-9-1-2-9)4-6-16(12)7-10-3-5-13-8-14-10/h3,5,8-9,11,15H,1-2,4,6-7H2. The molecule has 2 aliphatic rings. The Morgan fingerprint density at radius 1 is 1.41 bits per heavy atom. The average molecular weight is 232 g/mol. The van der Waals surface area contributed by atoms with Crippen molar-refractivity contribution in [1.82, 2.24) is 20.2 Å². The molecular formula is C12H16N4O. The molecule has 1 saturated carbocycles. The Morgan fingerprint density at radius 3 is 3.00 bits per heavy atom. The molecule has 5 heteroatoms. The van der Waals surface area contributed by atoms with Crippen LogP contribution in [0.2, 0.25) is 0 Å². The van der Waals surface area contributed by atoms with Gasteiger partial charge in [-0.1, -0.05) is 0 Å². The third kappa shape index (κ3) is 2.44. The van der Waals surface area contributed by atoms with Crippen LogP contribution in [-0.4, -0.2) is 39.4 Å². The molecule has 2 fully saturated rings. The topological polar surface area (TPSA) is 58.1 Å². The van der Waals surface area contributed by atoms with Crippen molar-refractivity contribution >= 4 is 5.91 Å². The highest BCUT2D eigenvalue weighted by Gasteiger charge is 2.35. The van der Waals surface area contributed by atoms with E-state index in [-0.39, 0.29) is 11.9 Å². The van der Waals surface area contributed by atoms with E-state index in [1.807, 2.05) is 11.0 Å². The summed E-state index contributed by atoms with van der Waals surface area (Å²) in [6.07, 6.45) is 6.59. The van der Waals surface area contributed by atoms with Gasteiger partial charge in [-0.15, -0.1) is 0 Å². The number of hydrogen-bond donors (Lipinski definition) is 1. The van der Waals surface area contributed by atoms with Crippen molar-refractivity contribution in [2.24, 2.45) is 0 Å². The molecule has 0 aromatic carbocycles. The molecule has 1 aliphatic carbocycles. The quantitative estimate of drug-likeness (QED) is 0.812. The van der Waals surface area contributed by atoms with E-state index < -0.39 is 0 Å². The fourth-order valence-corrected chi connectivity index (χ4v) is 2.19. The van der Waals surface area contributed by atoms with Gasteiger partial charge in [-0.05, 0) is 25.3 Å². The predicted molar refractivity (Wildman–Crippen MR) is 62.0 cm³/mol. The van der Waals surface area contributed by atoms with Crippen LogP contribution in [0.5, 0.6) is 0 Å². The van der Waals surface area contributed by atoms with Gasteiger partial charge in [0.2, 0.25) is 5.91 Å². The summed E-state index contributed by atoms with van der Waals surface area (Å²) < 4.78 is 0. The SMILES string of the molecule is O=C1C(NC2CC2)CCN1Cc1ccncn1. The molecule has 1 unspecified atom stereocenters. The van der Waals surface area contributed by atoms with Crippen LogP contribution in [0.4, 0.5) is 0 Å². The normalized spacial score (nSPS) is 24.4. The molecule has 3 rings (SSSR count). The Labute approximate surface area is 100 Å². The molecule has 0 bridgehead atoms. The van der Waals surface area contributed by atoms with Crippen LogP contribution < -0.4 is 5.32 Å². The fraction of sp³-hybridized carbons (Fsp3) is 0.583. The maximum absolute atomic E-state index is 12.1. The Balaban J connectivity index is 1.59. The van der Waals surface area contributed by atoms with E-state index >= 15 is 0 Å². The molecule has 5 nitrogen and oxygen atoms in total. The number of hydrogen-bond acceptors (Lipinski definition) is 4. The third-order valence-corrected chi connectivity index (χ3v) is 3.31. The van der Waals surface area contributed by atoms with Crippen LogP contribution in [0.25, 0.3) is 0 Å². The lowest BCUT2D eigenvalue weighted by Crippen LogP contribution is -2.39. The van der Waals surface area contributed by atoms with Crippen LogP contribution in [0.1, 0.15) is 25.0 Å². The molecule has 0 spiro atoms. The minimum absolute atomic E-state index is 0.0318. The van der Waals surface area contributed by atoms with Gasteiger partial charge in [-0.3, -0.25) is 4.79 Å². The minimum Gasteiger partial charge on any atom is -0.335 e. The first-order valence-electron chi connectivity index (χ1n) is 6.12. The monoisotopic (exact) mass is 232 g/mol. The largest absolute Gasteiger partial charge is 0.335 e. The molecule has 1 aromatic rings. The first-order chi connectivity index (χ1) is 8.33. The van der Waals surface area contributed by atoms with Crippen molar-refractivity contribution in [2.75, 3.05) is 6.54 Å². The van der Waals surface area contributed by atoms with E-state index in [4.69, 9.17) is 0 Å². The highest BCUT2D eigenvalue weighted by atomic mass is 16.2. The Kier molecular flexibility index (Phi) is 2.76. The van der Waals surface area contributed by atoms with Gasteiger partial charge in [-0.2, -0.15) is 0 Å². The lowest BCUT2D eigenvalue weighted by atomic mass is 10.2. The Bertz CT molecular complexity index is 404. The predicted octanol–water partition coefficient (Wildman–Crippen LogP) is 0.329. The van der Waals surface area contributed by atoms with Crippen molar-refractivity contribution in [3.63, 3.8) is 0 Å². The Hall–Kier alpha value is -1.49. The third-order valence-electron chi connectivity index (χ3n) is 3.31. The number of nitrogens with one attached hydrogen (secondary N) is 1. The van der Waals surface area contributed by atoms with Crippen molar-refractivity contribution < 1.29 is 4.79 Å². The second-order valence-corrected chi connectivity index (χ2v) is 4.74. The molecular weight excluding hydrogens is 216 g/mol. The van der Waals surface area contributed by atoms with Crippen molar-refractivity contribution in [1.29, 1.82) is 0 Å². The summed E-state index contributed by atoms with van der Waals surface area (Å²) in [5, 5.41) is 3.39. The highest BCUT2D eigenvalue weighted by molar-refractivity contribution is 5.84. The van der Waals surface area contributed by atoms with E-state index in [1.54, 1.807) is 6.20 Å². The maximum atomic E-state index is 12.1. The molecule has 1 saturated heterocycles. The van der Waals surface area contributed by atoms with Crippen LogP contribution in [-0.2, 0) is 11.3 Å². The first-order valence-corrected chi connectivity index (χ1v) is 6.12. The average Bonchev–Trinajstić information content (AvgIpc) is 3.11. The molecule has 2 heterocycles. The maximum Gasteiger partial charge on any atom is 0.240 e. The van der Waals surface area contributed by atoms with Crippen LogP contribution in [0, 0.1) is 0 Å². The van der Waals surface area contributed by atoms with Crippen LogP contribution in [0.15, 0.2) is 18.6 Å². The minimum atomic E-state index is 0.0318. The zero-order valence-electron chi connectivity index (χ0n) is 9.67. The fourth-order valence-electron chi connectivity index (χ4n) is 2.19. The van der Waals surface area contributed by atoms with E-state index in [2.05, 4.69) is 15.3 Å². The van der Waals surface area contributed by atoms with Crippen molar-refractivity contribution in [3.05, 3.63) is 24.3 Å². The molecule has 17 heavy (non-hydrogen) atoms. The lowest BCUT2D eigenvalue weighted by molar-refractivity contribution is -0.130. The molecule has 0 radical (unpaired) electrons. The number of aromatic nitrogens is 2. The number of carbonyl (C=O) groups is 1. The summed E-state index contributed by atoms with van der Waals surface area (Å²) in [5.41, 5.74) is 0.903. The number of nitrogens with zero attached hydrogens (tertiary/aromatic N) is 3. The molecule has 1 atom stereocenters. The molecule has 1 aromatic heterocycles. The highest BCUT2D eigenvalue weighted by Crippen LogP contribution is 2.23. The number of likely N-dealkylation sites (tertiary alicyclic amines) is 1. The molecule has 1 N–H and O–H groups in total. The van der Waals surface area contributed by atoms with E-state index in [1.165, 1.54) is 19.2 Å². The van der Waals surface area contributed by atoms with E-state index in [9.17, 15) is 4.79 Å². The summed E-state index contributed by atoms with van der Waals surface area (Å²) in [6, 6.07) is 2.47. The second-order valence-electron chi connectivity index (χ2n) is 4.74. The lowest BCUT2D eigenvalue weighted by Gasteiger charge is -2.16. The number of amides is 1. The van der Waals surface area contributed by atoms with E-state index in [0.29, 0.717) is 12.6 Å². The van der Waals surface area contributed by atoms with Gasteiger partial charge >= 0.3 is 0 Å². The van der Waals surface area contributed by atoms with Crippen molar-refractivity contribution in [3.8, 4) is 0 Å². The van der Waals surface area contributed by atoms with Gasteiger partial charge in [-0.25, -0.2) is 9.97 Å². The molecule has 1 aliphatic heterocycles. The summed E-state index contributed by atoms with van der Waals surface area (Å²) in [5.74, 6) is 0.218.